The lowest BCUT2D eigenvalue weighted by molar-refractivity contribution is 0.00851. The van der Waals surface area contributed by atoms with Crippen LogP contribution < -0.4 is 16.0 Å². The van der Waals surface area contributed by atoms with Crippen molar-refractivity contribution in [1.29, 1.82) is 0 Å². The van der Waals surface area contributed by atoms with E-state index in [1.807, 2.05) is 31.3 Å². The zero-order valence-corrected chi connectivity index (χ0v) is 17.3. The van der Waals surface area contributed by atoms with Crippen LogP contribution in [0, 0.1) is 0 Å². The van der Waals surface area contributed by atoms with Crippen molar-refractivity contribution in [1.82, 2.24) is 25.1 Å². The van der Waals surface area contributed by atoms with Gasteiger partial charge in [-0.05, 0) is 33.2 Å². The Morgan fingerprint density at radius 2 is 2.14 bits per heavy atom. The summed E-state index contributed by atoms with van der Waals surface area (Å²) >= 11 is 0. The van der Waals surface area contributed by atoms with Crippen molar-refractivity contribution < 1.29 is 4.74 Å². The van der Waals surface area contributed by atoms with E-state index in [1.54, 1.807) is 0 Å². The molecule has 2 aromatic heterocycles. The number of nitrogen functional groups attached to an aromatic ring is 1. The van der Waals surface area contributed by atoms with Crippen molar-refractivity contribution in [3.8, 4) is 11.3 Å². The maximum Gasteiger partial charge on any atom is 0.224 e. The van der Waals surface area contributed by atoms with Crippen molar-refractivity contribution in [2.75, 3.05) is 56.8 Å². The molecule has 154 valence electrons. The molecule has 0 aliphatic carbocycles. The summed E-state index contributed by atoms with van der Waals surface area (Å²) < 4.78 is 6.01. The normalized spacial score (nSPS) is 19.8. The van der Waals surface area contributed by atoms with Crippen LogP contribution in [0.5, 0.6) is 0 Å². The minimum atomic E-state index is 0.141. The largest absolute Gasteiger partial charge is 0.382 e. The topological polar surface area (TPSA) is 108 Å². The molecular weight excluding hydrogens is 368 g/mol. The lowest BCUT2D eigenvalue weighted by atomic mass is 10.1. The lowest BCUT2D eigenvalue weighted by Crippen LogP contribution is -2.51. The number of hydrogen-bond acceptors (Lipinski definition) is 8. The number of H-pyrrole nitrogens is 1. The molecule has 1 aliphatic rings. The number of hydrogen-bond donors (Lipinski definition) is 3. The number of nitrogens with zero attached hydrogens (tertiary/aromatic N) is 5. The summed E-state index contributed by atoms with van der Waals surface area (Å²) in [6.07, 6.45) is 0.141. The average Bonchev–Trinajstić information content (AvgIpc) is 3.09. The van der Waals surface area contributed by atoms with E-state index in [2.05, 4.69) is 51.3 Å². The van der Waals surface area contributed by atoms with E-state index >= 15 is 0 Å². The number of rotatable bonds is 5. The standard InChI is InChI=1S/C20H28N8O/c1-12-11-29-14(9-27(3)4)10-28(12)18-8-16(23-20(22-2)24-18)13-5-6-15-17(7-13)25-26-19(15)21/h5-8,12,14H,9-11H2,1-4H3,(H3,21,25,26)(H,22,23,24)/t12-,14+/m1/s1. The van der Waals surface area contributed by atoms with Gasteiger partial charge in [0.1, 0.15) is 5.82 Å². The average molecular weight is 396 g/mol. The molecule has 1 aliphatic heterocycles. The Labute approximate surface area is 170 Å². The van der Waals surface area contributed by atoms with Crippen LogP contribution in [0.15, 0.2) is 24.3 Å². The van der Waals surface area contributed by atoms with Crippen LogP contribution >= 0.6 is 0 Å². The third kappa shape index (κ3) is 3.96. The second-order valence-electron chi connectivity index (χ2n) is 7.77. The van der Waals surface area contributed by atoms with E-state index in [-0.39, 0.29) is 12.1 Å². The van der Waals surface area contributed by atoms with Gasteiger partial charge >= 0.3 is 0 Å². The molecule has 0 bridgehead atoms. The molecule has 9 nitrogen and oxygen atoms in total. The number of nitrogens with one attached hydrogen (secondary N) is 2. The van der Waals surface area contributed by atoms with Crippen molar-refractivity contribution in [2.45, 2.75) is 19.1 Å². The Balaban J connectivity index is 1.70. The molecular formula is C20H28N8O. The first-order valence-corrected chi connectivity index (χ1v) is 9.78. The number of anilines is 3. The van der Waals surface area contributed by atoms with E-state index in [0.29, 0.717) is 18.4 Å². The fourth-order valence-electron chi connectivity index (χ4n) is 3.70. The van der Waals surface area contributed by atoms with E-state index in [4.69, 9.17) is 15.5 Å². The first-order valence-electron chi connectivity index (χ1n) is 9.78. The molecule has 9 heteroatoms. The fraction of sp³-hybridized carbons (Fsp3) is 0.450. The third-order valence-corrected chi connectivity index (χ3v) is 5.19. The predicted octanol–water partition coefficient (Wildman–Crippen LogP) is 1.80. The highest BCUT2D eigenvalue weighted by atomic mass is 16.5. The number of morpholine rings is 1. The highest BCUT2D eigenvalue weighted by molar-refractivity contribution is 5.91. The molecule has 3 heterocycles. The van der Waals surface area contributed by atoms with Crippen LogP contribution in [0.25, 0.3) is 22.2 Å². The van der Waals surface area contributed by atoms with Gasteiger partial charge in [-0.2, -0.15) is 10.1 Å². The van der Waals surface area contributed by atoms with Crippen molar-refractivity contribution in [3.05, 3.63) is 24.3 Å². The number of ether oxygens (including phenoxy) is 1. The molecule has 4 rings (SSSR count). The number of aromatic nitrogens is 4. The molecule has 0 saturated carbocycles. The highest BCUT2D eigenvalue weighted by Gasteiger charge is 2.28. The number of likely N-dealkylation sites (N-methyl/N-ethyl adjacent to an activating group) is 1. The van der Waals surface area contributed by atoms with E-state index in [1.165, 1.54) is 0 Å². The smallest absolute Gasteiger partial charge is 0.224 e. The molecule has 29 heavy (non-hydrogen) atoms. The summed E-state index contributed by atoms with van der Waals surface area (Å²) in [4.78, 5) is 13.8. The number of fused-ring (bicyclic) bond motifs is 1. The maximum atomic E-state index is 6.01. The summed E-state index contributed by atoms with van der Waals surface area (Å²) in [6.45, 7) is 4.49. The third-order valence-electron chi connectivity index (χ3n) is 5.19. The van der Waals surface area contributed by atoms with Crippen LogP contribution in [0.2, 0.25) is 0 Å². The zero-order valence-electron chi connectivity index (χ0n) is 17.3. The Bertz CT molecular complexity index is 1000. The van der Waals surface area contributed by atoms with E-state index in [0.717, 1.165) is 41.1 Å². The van der Waals surface area contributed by atoms with Crippen LogP contribution in [0.4, 0.5) is 17.6 Å². The van der Waals surface area contributed by atoms with Crippen molar-refractivity contribution in [2.24, 2.45) is 0 Å². The fourth-order valence-corrected chi connectivity index (χ4v) is 3.70. The van der Waals surface area contributed by atoms with Crippen LogP contribution in [0.3, 0.4) is 0 Å². The summed E-state index contributed by atoms with van der Waals surface area (Å²) in [7, 11) is 5.96. The Morgan fingerprint density at radius 1 is 1.31 bits per heavy atom. The number of benzene rings is 1. The summed E-state index contributed by atoms with van der Waals surface area (Å²) in [5.41, 5.74) is 8.60. The first-order chi connectivity index (χ1) is 13.9. The van der Waals surface area contributed by atoms with Gasteiger partial charge in [0.25, 0.3) is 0 Å². The first kappa shape index (κ1) is 19.4. The van der Waals surface area contributed by atoms with Gasteiger partial charge in [0, 0.05) is 37.2 Å². The molecule has 0 radical (unpaired) electrons. The van der Waals surface area contributed by atoms with E-state index < -0.39 is 0 Å². The number of aromatic amines is 1. The van der Waals surface area contributed by atoms with Crippen LogP contribution in [-0.2, 0) is 4.74 Å². The molecule has 3 aromatic rings. The molecule has 1 fully saturated rings. The quantitative estimate of drug-likeness (QED) is 0.599. The van der Waals surface area contributed by atoms with Gasteiger partial charge in [-0.25, -0.2) is 4.98 Å². The maximum absolute atomic E-state index is 6.01. The Hall–Kier alpha value is -2.91. The summed E-state index contributed by atoms with van der Waals surface area (Å²) in [5, 5.41) is 11.0. The highest BCUT2D eigenvalue weighted by Crippen LogP contribution is 2.29. The van der Waals surface area contributed by atoms with Crippen LogP contribution in [0.1, 0.15) is 6.92 Å². The molecule has 1 saturated heterocycles. The van der Waals surface area contributed by atoms with Gasteiger partial charge in [-0.3, -0.25) is 5.10 Å². The zero-order chi connectivity index (χ0) is 20.5. The molecule has 0 unspecified atom stereocenters. The minimum absolute atomic E-state index is 0.141. The summed E-state index contributed by atoms with van der Waals surface area (Å²) in [5.74, 6) is 1.98. The Morgan fingerprint density at radius 3 is 2.90 bits per heavy atom. The SMILES string of the molecule is CNc1nc(-c2ccc3c(N)n[nH]c3c2)cc(N2C[C@H](CN(C)C)OC[C@H]2C)n1. The summed E-state index contributed by atoms with van der Waals surface area (Å²) in [6, 6.07) is 8.26. The van der Waals surface area contributed by atoms with Gasteiger partial charge in [-0.15, -0.1) is 0 Å². The minimum Gasteiger partial charge on any atom is -0.382 e. The van der Waals surface area contributed by atoms with Gasteiger partial charge in [0.2, 0.25) is 5.95 Å². The van der Waals surface area contributed by atoms with E-state index in [9.17, 15) is 0 Å². The predicted molar refractivity (Wildman–Crippen MR) is 116 cm³/mol. The molecule has 1 aromatic carbocycles. The van der Waals surface area contributed by atoms with Crippen molar-refractivity contribution >= 4 is 28.5 Å². The van der Waals surface area contributed by atoms with Gasteiger partial charge in [0.05, 0.1) is 30.0 Å². The molecule has 0 spiro atoms. The Kier molecular flexibility index (Phi) is 5.25. The van der Waals surface area contributed by atoms with Gasteiger partial charge in [0.15, 0.2) is 5.82 Å². The van der Waals surface area contributed by atoms with Gasteiger partial charge < -0.3 is 25.6 Å². The lowest BCUT2D eigenvalue weighted by Gasteiger charge is -2.39. The van der Waals surface area contributed by atoms with Gasteiger partial charge in [-0.1, -0.05) is 6.07 Å². The van der Waals surface area contributed by atoms with Crippen molar-refractivity contribution in [3.63, 3.8) is 0 Å². The van der Waals surface area contributed by atoms with Crippen LogP contribution in [-0.4, -0.2) is 78.1 Å². The monoisotopic (exact) mass is 396 g/mol. The second-order valence-corrected chi connectivity index (χ2v) is 7.77. The molecule has 4 N–H and O–H groups in total. The molecule has 0 amide bonds. The number of nitrogens with two attached hydrogens (primary N) is 1. The molecule has 2 atom stereocenters. The second kappa shape index (κ2) is 7.84.